The van der Waals surface area contributed by atoms with E-state index in [1.54, 1.807) is 19.2 Å². The second kappa shape index (κ2) is 7.01. The molecule has 8 heteroatoms. The van der Waals surface area contributed by atoms with E-state index in [1.807, 2.05) is 36.4 Å². The maximum atomic E-state index is 12.2. The van der Waals surface area contributed by atoms with Crippen molar-refractivity contribution in [2.45, 2.75) is 6.92 Å². The Morgan fingerprint density at radius 2 is 2.15 bits per heavy atom. The van der Waals surface area contributed by atoms with Crippen LogP contribution in [0, 0.1) is 6.92 Å². The number of pyridine rings is 1. The first-order valence-corrected chi connectivity index (χ1v) is 8.94. The molecule has 0 atom stereocenters. The summed E-state index contributed by atoms with van der Waals surface area (Å²) in [5.41, 5.74) is 2.57. The second-order valence-electron chi connectivity index (χ2n) is 5.62. The predicted molar refractivity (Wildman–Crippen MR) is 102 cm³/mol. The minimum Gasteiger partial charge on any atom is -0.360 e. The first-order valence-electron chi connectivity index (χ1n) is 7.95. The summed E-state index contributed by atoms with van der Waals surface area (Å²) in [6, 6.07) is 13.2. The van der Waals surface area contributed by atoms with Gasteiger partial charge in [-0.1, -0.05) is 35.1 Å². The topological polar surface area (TPSA) is 92.4 Å². The van der Waals surface area contributed by atoms with Gasteiger partial charge in [0.25, 0.3) is 0 Å². The number of aryl methyl sites for hydroxylation is 1. The fraction of sp³-hybridized carbons (Fsp3) is 0.111. The summed E-state index contributed by atoms with van der Waals surface area (Å²) in [5.74, 6) is 1.78. The molecule has 1 aliphatic rings. The highest BCUT2D eigenvalue weighted by Crippen LogP contribution is 2.34. The number of aromatic nitrogens is 2. The van der Waals surface area contributed by atoms with E-state index in [9.17, 15) is 4.79 Å². The van der Waals surface area contributed by atoms with E-state index in [0.717, 1.165) is 22.0 Å². The van der Waals surface area contributed by atoms with Crippen molar-refractivity contribution in [2.24, 2.45) is 4.99 Å². The van der Waals surface area contributed by atoms with Gasteiger partial charge in [0.15, 0.2) is 11.6 Å². The maximum Gasteiger partial charge on any atom is 0.236 e. The Balaban J connectivity index is 1.56. The number of fused-ring (bicyclic) bond motifs is 2. The van der Waals surface area contributed by atoms with E-state index in [-0.39, 0.29) is 11.7 Å². The molecule has 7 nitrogen and oxygen atoms in total. The number of hydrogen-bond acceptors (Lipinski definition) is 7. The molecule has 0 aliphatic carbocycles. The number of thioether (sulfide) groups is 1. The second-order valence-corrected chi connectivity index (χ2v) is 6.58. The van der Waals surface area contributed by atoms with Crippen LogP contribution in [-0.2, 0) is 4.79 Å². The molecule has 3 aromatic rings. The highest BCUT2D eigenvalue weighted by atomic mass is 32.2. The van der Waals surface area contributed by atoms with Crippen molar-refractivity contribution in [3.8, 4) is 0 Å². The van der Waals surface area contributed by atoms with Gasteiger partial charge in [-0.25, -0.2) is 9.98 Å². The van der Waals surface area contributed by atoms with Gasteiger partial charge in [-0.2, -0.15) is 0 Å². The van der Waals surface area contributed by atoms with Crippen molar-refractivity contribution in [2.75, 3.05) is 16.4 Å². The normalized spacial score (nSPS) is 12.3. The number of nitrogens with zero attached hydrogens (tertiary/aromatic N) is 3. The lowest BCUT2D eigenvalue weighted by molar-refractivity contribution is -0.113. The monoisotopic (exact) mass is 365 g/mol. The van der Waals surface area contributed by atoms with E-state index < -0.39 is 0 Å². The van der Waals surface area contributed by atoms with Crippen LogP contribution < -0.4 is 10.6 Å². The van der Waals surface area contributed by atoms with Gasteiger partial charge in [0.1, 0.15) is 16.5 Å². The molecule has 0 saturated heterocycles. The van der Waals surface area contributed by atoms with Gasteiger partial charge in [0, 0.05) is 23.5 Å². The van der Waals surface area contributed by atoms with Gasteiger partial charge >= 0.3 is 0 Å². The molecule has 0 unspecified atom stereocenters. The number of hydrogen-bond donors (Lipinski definition) is 2. The zero-order valence-electron chi connectivity index (χ0n) is 13.9. The minimum absolute atomic E-state index is 0.174. The zero-order chi connectivity index (χ0) is 17.9. The number of carbonyl (C=O) groups is 1. The van der Waals surface area contributed by atoms with Crippen LogP contribution in [0.15, 0.2) is 58.2 Å². The number of para-hydroxylation sites is 1. The summed E-state index contributed by atoms with van der Waals surface area (Å²) >= 11 is 1.36. The third kappa shape index (κ3) is 3.45. The fourth-order valence-electron chi connectivity index (χ4n) is 2.51. The molecular formula is C18H15N5O2S. The number of aliphatic imine (C=N–C) groups is 1. The van der Waals surface area contributed by atoms with Crippen LogP contribution in [-0.4, -0.2) is 26.8 Å². The summed E-state index contributed by atoms with van der Waals surface area (Å²) < 4.78 is 4.95. The number of anilines is 3. The molecule has 26 heavy (non-hydrogen) atoms. The van der Waals surface area contributed by atoms with Crippen molar-refractivity contribution in [3.05, 3.63) is 60.0 Å². The third-order valence-corrected chi connectivity index (χ3v) is 4.65. The number of rotatable bonds is 3. The van der Waals surface area contributed by atoms with E-state index in [2.05, 4.69) is 20.8 Å². The van der Waals surface area contributed by atoms with Gasteiger partial charge in [0.2, 0.25) is 5.91 Å². The number of nitrogens with one attached hydrogen (secondary N) is 2. The van der Waals surface area contributed by atoms with Crippen molar-refractivity contribution in [3.63, 3.8) is 0 Å². The molecule has 0 saturated carbocycles. The van der Waals surface area contributed by atoms with Crippen LogP contribution in [0.5, 0.6) is 0 Å². The highest BCUT2D eigenvalue weighted by molar-refractivity contribution is 8.15. The molecule has 1 aliphatic heterocycles. The van der Waals surface area contributed by atoms with Crippen molar-refractivity contribution in [1.29, 1.82) is 0 Å². The van der Waals surface area contributed by atoms with Crippen molar-refractivity contribution < 1.29 is 9.32 Å². The molecular weight excluding hydrogens is 350 g/mol. The first-order chi connectivity index (χ1) is 12.7. The first kappa shape index (κ1) is 16.3. The Kier molecular flexibility index (Phi) is 4.40. The molecule has 130 valence electrons. The lowest BCUT2D eigenvalue weighted by Crippen LogP contribution is -2.15. The van der Waals surface area contributed by atoms with Gasteiger partial charge < -0.3 is 15.2 Å². The minimum atomic E-state index is -0.174. The molecule has 4 rings (SSSR count). The van der Waals surface area contributed by atoms with Crippen LogP contribution in [0.3, 0.4) is 0 Å². The quantitative estimate of drug-likeness (QED) is 0.732. The molecule has 2 aromatic heterocycles. The molecule has 1 aromatic carbocycles. The smallest absolute Gasteiger partial charge is 0.236 e. The highest BCUT2D eigenvalue weighted by Gasteiger charge is 2.18. The summed E-state index contributed by atoms with van der Waals surface area (Å²) in [7, 11) is 0. The number of carbonyl (C=O) groups excluding carboxylic acids is 1. The molecule has 0 spiro atoms. The predicted octanol–water partition coefficient (Wildman–Crippen LogP) is 3.89. The Labute approximate surface area is 153 Å². The van der Waals surface area contributed by atoms with Crippen LogP contribution in [0.2, 0.25) is 0 Å². The van der Waals surface area contributed by atoms with Gasteiger partial charge in [-0.05, 0) is 25.1 Å². The Morgan fingerprint density at radius 3 is 3.00 bits per heavy atom. The van der Waals surface area contributed by atoms with E-state index in [4.69, 9.17) is 9.52 Å². The Hall–Kier alpha value is -3.13. The maximum absolute atomic E-state index is 12.2. The molecule has 1 amide bonds. The van der Waals surface area contributed by atoms with Crippen LogP contribution in [0.25, 0.3) is 0 Å². The fourth-order valence-corrected chi connectivity index (χ4v) is 3.34. The number of benzene rings is 1. The molecule has 0 radical (unpaired) electrons. The average Bonchev–Trinajstić information content (AvgIpc) is 2.97. The third-order valence-electron chi connectivity index (χ3n) is 3.65. The Morgan fingerprint density at radius 1 is 1.27 bits per heavy atom. The van der Waals surface area contributed by atoms with E-state index >= 15 is 0 Å². The van der Waals surface area contributed by atoms with E-state index in [1.165, 1.54) is 11.8 Å². The van der Waals surface area contributed by atoms with Crippen molar-refractivity contribution >= 4 is 45.7 Å². The van der Waals surface area contributed by atoms with Crippen LogP contribution in [0.4, 0.5) is 23.0 Å². The lowest BCUT2D eigenvalue weighted by Gasteiger charge is -2.09. The van der Waals surface area contributed by atoms with Gasteiger partial charge in [0.05, 0.1) is 5.75 Å². The molecule has 2 N–H and O–H groups in total. The van der Waals surface area contributed by atoms with E-state index in [0.29, 0.717) is 17.4 Å². The van der Waals surface area contributed by atoms with Crippen LogP contribution >= 0.6 is 11.8 Å². The van der Waals surface area contributed by atoms with Crippen LogP contribution in [0.1, 0.15) is 11.3 Å². The molecule has 3 heterocycles. The lowest BCUT2D eigenvalue weighted by atomic mass is 10.2. The summed E-state index contributed by atoms with van der Waals surface area (Å²) in [6.07, 6.45) is 1.72. The largest absolute Gasteiger partial charge is 0.360 e. The summed E-state index contributed by atoms with van der Waals surface area (Å²) in [4.78, 5) is 21.3. The Bertz CT molecular complexity index is 999. The average molecular weight is 365 g/mol. The van der Waals surface area contributed by atoms with Gasteiger partial charge in [-0.15, -0.1) is 0 Å². The standard InChI is InChI=1S/C18H15N5O2S/c1-11-9-15(23-25-11)22-16(24)10-26-18-12-5-2-3-6-13(12)20-17-14(21-18)7-4-8-19-17/h2-9H,10H2,1H3,(H,19,20)(H,22,23,24). The summed E-state index contributed by atoms with van der Waals surface area (Å²) in [6.45, 7) is 1.77. The molecule has 0 bridgehead atoms. The molecule has 0 fully saturated rings. The van der Waals surface area contributed by atoms with Crippen molar-refractivity contribution in [1.82, 2.24) is 10.1 Å². The summed E-state index contributed by atoms with van der Waals surface area (Å²) in [5, 5.41) is 10.5. The number of amides is 1. The van der Waals surface area contributed by atoms with Gasteiger partial charge in [-0.3, -0.25) is 4.79 Å². The SMILES string of the molecule is Cc1cc(NC(=O)CSC2=Nc3cccnc3Nc3ccccc32)no1. The zero-order valence-corrected chi connectivity index (χ0v) is 14.7.